The van der Waals surface area contributed by atoms with E-state index in [-0.39, 0.29) is 18.6 Å². The number of carbonyl (C=O) groups excluding carboxylic acids is 1. The molecule has 1 heterocycles. The van der Waals surface area contributed by atoms with Crippen LogP contribution in [-0.4, -0.2) is 10.8 Å². The van der Waals surface area contributed by atoms with Gasteiger partial charge in [0.2, 0.25) is 0 Å². The largest absolute Gasteiger partial charge is 0.299 e. The van der Waals surface area contributed by atoms with E-state index in [1.807, 2.05) is 0 Å². The Hall–Kier alpha value is -1.09. The van der Waals surface area contributed by atoms with Crippen molar-refractivity contribution in [2.75, 3.05) is 0 Å². The summed E-state index contributed by atoms with van der Waals surface area (Å²) in [4.78, 5) is 15.9. The number of carbonyl (C=O) groups is 1. The number of hydrogen-bond acceptors (Lipinski definition) is 2. The molecule has 0 fully saturated rings. The second-order valence-electron chi connectivity index (χ2n) is 4.06. The standard InChI is InChI=1S/C14H10Cl3NO/c15-12-2-1-3-13(16)11(12)7-10(19)6-9-4-5-18-8-14(9)17/h1-5,8H,6-7H2. The van der Waals surface area contributed by atoms with Crippen molar-refractivity contribution in [3.8, 4) is 0 Å². The van der Waals surface area contributed by atoms with Crippen LogP contribution in [0, 0.1) is 0 Å². The summed E-state index contributed by atoms with van der Waals surface area (Å²) < 4.78 is 0. The lowest BCUT2D eigenvalue weighted by molar-refractivity contribution is -0.117. The summed E-state index contributed by atoms with van der Waals surface area (Å²) in [5.74, 6) is 0.00287. The third kappa shape index (κ3) is 3.69. The Morgan fingerprint density at radius 3 is 2.32 bits per heavy atom. The molecule has 0 aliphatic rings. The predicted octanol–water partition coefficient (Wildman–Crippen LogP) is 4.40. The van der Waals surface area contributed by atoms with Gasteiger partial charge in [0.25, 0.3) is 0 Å². The molecule has 0 spiro atoms. The summed E-state index contributed by atoms with van der Waals surface area (Å²) in [5.41, 5.74) is 1.41. The molecule has 0 aliphatic carbocycles. The lowest BCUT2D eigenvalue weighted by Crippen LogP contribution is -2.08. The number of nitrogens with zero attached hydrogens (tertiary/aromatic N) is 1. The second kappa shape index (κ2) is 6.38. The average Bonchev–Trinajstić information content (AvgIpc) is 2.37. The van der Waals surface area contributed by atoms with Crippen molar-refractivity contribution in [2.45, 2.75) is 12.8 Å². The molecule has 19 heavy (non-hydrogen) atoms. The molecule has 0 aliphatic heterocycles. The molecule has 2 rings (SSSR count). The Morgan fingerprint density at radius 1 is 1.00 bits per heavy atom. The van der Waals surface area contributed by atoms with Crippen LogP contribution in [0.4, 0.5) is 0 Å². The highest BCUT2D eigenvalue weighted by atomic mass is 35.5. The van der Waals surface area contributed by atoms with Crippen molar-refractivity contribution in [2.24, 2.45) is 0 Å². The lowest BCUT2D eigenvalue weighted by Gasteiger charge is -2.07. The third-order valence-corrected chi connectivity index (χ3v) is 3.73. The minimum Gasteiger partial charge on any atom is -0.299 e. The molecule has 1 aromatic carbocycles. The fraction of sp³-hybridized carbons (Fsp3) is 0.143. The molecule has 0 saturated heterocycles. The van der Waals surface area contributed by atoms with E-state index in [9.17, 15) is 4.79 Å². The Bertz CT molecular complexity index is 593. The number of hydrogen-bond donors (Lipinski definition) is 0. The first-order valence-corrected chi connectivity index (χ1v) is 6.74. The Labute approximate surface area is 126 Å². The molecule has 0 radical (unpaired) electrons. The summed E-state index contributed by atoms with van der Waals surface area (Å²) in [6, 6.07) is 6.91. The van der Waals surface area contributed by atoms with Crippen molar-refractivity contribution in [1.29, 1.82) is 0 Å². The SMILES string of the molecule is O=C(Cc1ccncc1Cl)Cc1c(Cl)cccc1Cl. The van der Waals surface area contributed by atoms with Gasteiger partial charge in [0.05, 0.1) is 5.02 Å². The van der Waals surface area contributed by atoms with Crippen LogP contribution in [0.25, 0.3) is 0 Å². The Balaban J connectivity index is 2.12. The molecule has 2 aromatic rings. The van der Waals surface area contributed by atoms with Gasteiger partial charge in [-0.1, -0.05) is 40.9 Å². The first-order valence-electron chi connectivity index (χ1n) is 5.61. The molecule has 0 atom stereocenters. The molecule has 0 saturated carbocycles. The van der Waals surface area contributed by atoms with Crippen LogP contribution < -0.4 is 0 Å². The molecule has 0 N–H and O–H groups in total. The lowest BCUT2D eigenvalue weighted by atomic mass is 10.0. The summed E-state index contributed by atoms with van der Waals surface area (Å²) >= 11 is 18.0. The zero-order chi connectivity index (χ0) is 13.8. The molecule has 5 heteroatoms. The molecule has 1 aromatic heterocycles. The van der Waals surface area contributed by atoms with E-state index >= 15 is 0 Å². The van der Waals surface area contributed by atoms with E-state index in [1.54, 1.807) is 30.5 Å². The molecule has 0 unspecified atom stereocenters. The average molecular weight is 315 g/mol. The quantitative estimate of drug-likeness (QED) is 0.837. The van der Waals surface area contributed by atoms with E-state index in [0.717, 1.165) is 5.56 Å². The highest BCUT2D eigenvalue weighted by Gasteiger charge is 2.12. The Morgan fingerprint density at radius 2 is 1.68 bits per heavy atom. The van der Waals surface area contributed by atoms with Gasteiger partial charge >= 0.3 is 0 Å². The van der Waals surface area contributed by atoms with Gasteiger partial charge in [0, 0.05) is 35.3 Å². The number of rotatable bonds is 4. The topological polar surface area (TPSA) is 30.0 Å². The molecule has 0 amide bonds. The number of pyridine rings is 1. The normalized spacial score (nSPS) is 10.5. The maximum atomic E-state index is 12.0. The fourth-order valence-electron chi connectivity index (χ4n) is 1.72. The van der Waals surface area contributed by atoms with Gasteiger partial charge in [-0.05, 0) is 29.3 Å². The zero-order valence-corrected chi connectivity index (χ0v) is 12.1. The van der Waals surface area contributed by atoms with Crippen LogP contribution in [-0.2, 0) is 17.6 Å². The number of Topliss-reactive ketones (excluding diaryl/α,β-unsaturated/α-hetero) is 1. The molecule has 0 bridgehead atoms. The van der Waals surface area contributed by atoms with Gasteiger partial charge in [0.1, 0.15) is 5.78 Å². The van der Waals surface area contributed by atoms with Crippen LogP contribution in [0.5, 0.6) is 0 Å². The molecular weight excluding hydrogens is 305 g/mol. The molecular formula is C14H10Cl3NO. The molecule has 98 valence electrons. The van der Waals surface area contributed by atoms with Gasteiger partial charge in [-0.2, -0.15) is 0 Å². The van der Waals surface area contributed by atoms with Crippen LogP contribution in [0.2, 0.25) is 15.1 Å². The van der Waals surface area contributed by atoms with E-state index < -0.39 is 0 Å². The van der Waals surface area contributed by atoms with Crippen LogP contribution in [0.3, 0.4) is 0 Å². The van der Waals surface area contributed by atoms with Crippen LogP contribution >= 0.6 is 34.8 Å². The zero-order valence-electron chi connectivity index (χ0n) is 9.87. The van der Waals surface area contributed by atoms with E-state index in [1.165, 1.54) is 6.20 Å². The number of benzene rings is 1. The highest BCUT2D eigenvalue weighted by molar-refractivity contribution is 6.36. The second-order valence-corrected chi connectivity index (χ2v) is 5.28. The highest BCUT2D eigenvalue weighted by Crippen LogP contribution is 2.25. The van der Waals surface area contributed by atoms with Gasteiger partial charge in [-0.25, -0.2) is 0 Å². The van der Waals surface area contributed by atoms with Gasteiger partial charge in [-0.3, -0.25) is 9.78 Å². The smallest absolute Gasteiger partial charge is 0.141 e. The number of ketones is 1. The first-order chi connectivity index (χ1) is 9.08. The Kier molecular flexibility index (Phi) is 4.81. The summed E-state index contributed by atoms with van der Waals surface area (Å²) in [7, 11) is 0. The summed E-state index contributed by atoms with van der Waals surface area (Å²) in [6.07, 6.45) is 3.56. The predicted molar refractivity (Wildman–Crippen MR) is 78.1 cm³/mol. The number of halogens is 3. The van der Waals surface area contributed by atoms with Gasteiger partial charge in [-0.15, -0.1) is 0 Å². The van der Waals surface area contributed by atoms with E-state index in [4.69, 9.17) is 34.8 Å². The van der Waals surface area contributed by atoms with Crippen molar-refractivity contribution in [3.05, 3.63) is 62.9 Å². The summed E-state index contributed by atoms with van der Waals surface area (Å²) in [6.45, 7) is 0. The van der Waals surface area contributed by atoms with E-state index in [2.05, 4.69) is 4.98 Å². The van der Waals surface area contributed by atoms with Gasteiger partial charge < -0.3 is 0 Å². The van der Waals surface area contributed by atoms with Crippen LogP contribution in [0.1, 0.15) is 11.1 Å². The minimum atomic E-state index is 0.00287. The minimum absolute atomic E-state index is 0.00287. The van der Waals surface area contributed by atoms with Gasteiger partial charge in [0.15, 0.2) is 0 Å². The summed E-state index contributed by atoms with van der Waals surface area (Å²) in [5, 5.41) is 1.49. The number of aromatic nitrogens is 1. The van der Waals surface area contributed by atoms with Crippen LogP contribution in [0.15, 0.2) is 36.7 Å². The first kappa shape index (κ1) is 14.3. The monoisotopic (exact) mass is 313 g/mol. The van der Waals surface area contributed by atoms with Crippen molar-refractivity contribution in [3.63, 3.8) is 0 Å². The maximum Gasteiger partial charge on any atom is 0.141 e. The van der Waals surface area contributed by atoms with E-state index in [0.29, 0.717) is 20.6 Å². The molecule has 2 nitrogen and oxygen atoms in total. The van der Waals surface area contributed by atoms with Crippen molar-refractivity contribution >= 4 is 40.6 Å². The van der Waals surface area contributed by atoms with Crippen molar-refractivity contribution in [1.82, 2.24) is 4.98 Å². The van der Waals surface area contributed by atoms with Crippen molar-refractivity contribution < 1.29 is 4.79 Å². The fourth-order valence-corrected chi connectivity index (χ4v) is 2.44. The maximum absolute atomic E-state index is 12.0. The third-order valence-electron chi connectivity index (χ3n) is 2.68.